The van der Waals surface area contributed by atoms with Gasteiger partial charge in [-0.2, -0.15) is 0 Å². The summed E-state index contributed by atoms with van der Waals surface area (Å²) in [6, 6.07) is 0. The van der Waals surface area contributed by atoms with Crippen LogP contribution < -0.4 is 0 Å². The van der Waals surface area contributed by atoms with Gasteiger partial charge in [-0.25, -0.2) is 0 Å². The van der Waals surface area contributed by atoms with Crippen LogP contribution >= 0.6 is 31.9 Å². The molecule has 0 aliphatic heterocycles. The average molecular weight is 286 g/mol. The van der Waals surface area contributed by atoms with Crippen LogP contribution in [0.2, 0.25) is 0 Å². The Labute approximate surface area is 87.4 Å². The molecule has 0 aromatic heterocycles. The summed E-state index contributed by atoms with van der Waals surface area (Å²) in [6.45, 7) is 8.94. The standard InChI is InChI=1S/C9H18Br2/c1-5-8(3,10)7-9(4,11)6-2/h5-7H2,1-4H3. The van der Waals surface area contributed by atoms with Crippen LogP contribution in [0.3, 0.4) is 0 Å². The molecule has 2 atom stereocenters. The van der Waals surface area contributed by atoms with Crippen molar-refractivity contribution in [3.63, 3.8) is 0 Å². The molecule has 0 heterocycles. The summed E-state index contributed by atoms with van der Waals surface area (Å²) in [6.07, 6.45) is 3.52. The molecule has 0 saturated carbocycles. The van der Waals surface area contributed by atoms with Gasteiger partial charge in [-0.3, -0.25) is 0 Å². The topological polar surface area (TPSA) is 0 Å². The highest BCUT2D eigenvalue weighted by Gasteiger charge is 2.28. The molecular weight excluding hydrogens is 268 g/mol. The molecule has 0 fully saturated rings. The summed E-state index contributed by atoms with van der Waals surface area (Å²) >= 11 is 7.46. The fourth-order valence-corrected chi connectivity index (χ4v) is 2.63. The van der Waals surface area contributed by atoms with Crippen molar-refractivity contribution in [1.29, 1.82) is 0 Å². The van der Waals surface area contributed by atoms with Crippen LogP contribution in [0.15, 0.2) is 0 Å². The van der Waals surface area contributed by atoms with Gasteiger partial charge in [-0.1, -0.05) is 45.7 Å². The zero-order chi connectivity index (χ0) is 9.12. The lowest BCUT2D eigenvalue weighted by Crippen LogP contribution is -2.27. The molecule has 0 aliphatic rings. The maximum Gasteiger partial charge on any atom is 0.0240 e. The third kappa shape index (κ3) is 5.24. The van der Waals surface area contributed by atoms with E-state index in [2.05, 4.69) is 59.6 Å². The van der Waals surface area contributed by atoms with Gasteiger partial charge in [0.25, 0.3) is 0 Å². The molecule has 11 heavy (non-hydrogen) atoms. The Morgan fingerprint density at radius 3 is 1.36 bits per heavy atom. The van der Waals surface area contributed by atoms with Crippen molar-refractivity contribution >= 4 is 31.9 Å². The van der Waals surface area contributed by atoms with Gasteiger partial charge in [0.15, 0.2) is 0 Å². The monoisotopic (exact) mass is 284 g/mol. The van der Waals surface area contributed by atoms with Crippen LogP contribution in [0, 0.1) is 0 Å². The molecule has 0 aromatic rings. The van der Waals surface area contributed by atoms with Crippen LogP contribution in [0.25, 0.3) is 0 Å². The van der Waals surface area contributed by atoms with Crippen molar-refractivity contribution in [1.82, 2.24) is 0 Å². The van der Waals surface area contributed by atoms with Gasteiger partial charge in [0.05, 0.1) is 0 Å². The second kappa shape index (κ2) is 4.27. The van der Waals surface area contributed by atoms with E-state index in [0.29, 0.717) is 8.65 Å². The summed E-state index contributed by atoms with van der Waals surface area (Å²) in [7, 11) is 0. The van der Waals surface area contributed by atoms with E-state index in [0.717, 1.165) is 0 Å². The molecule has 0 amide bonds. The van der Waals surface area contributed by atoms with Gasteiger partial charge in [0, 0.05) is 8.65 Å². The minimum Gasteiger partial charge on any atom is -0.0856 e. The van der Waals surface area contributed by atoms with E-state index in [1.807, 2.05) is 0 Å². The fraction of sp³-hybridized carbons (Fsp3) is 1.00. The molecule has 0 saturated heterocycles. The van der Waals surface area contributed by atoms with Gasteiger partial charge >= 0.3 is 0 Å². The molecule has 0 aromatic carbocycles. The molecule has 68 valence electrons. The lowest BCUT2D eigenvalue weighted by atomic mass is 9.93. The number of rotatable bonds is 4. The fourth-order valence-electron chi connectivity index (χ4n) is 1.02. The van der Waals surface area contributed by atoms with E-state index in [1.165, 1.54) is 19.3 Å². The highest BCUT2D eigenvalue weighted by atomic mass is 79.9. The maximum absolute atomic E-state index is 3.73. The van der Waals surface area contributed by atoms with Crippen molar-refractivity contribution in [2.75, 3.05) is 0 Å². The summed E-state index contributed by atoms with van der Waals surface area (Å²) in [5.74, 6) is 0. The predicted molar refractivity (Wildman–Crippen MR) is 59.9 cm³/mol. The van der Waals surface area contributed by atoms with Crippen molar-refractivity contribution in [3.05, 3.63) is 0 Å². The molecule has 2 unspecified atom stereocenters. The van der Waals surface area contributed by atoms with Crippen LogP contribution in [0.1, 0.15) is 47.0 Å². The highest BCUT2D eigenvalue weighted by Crippen LogP contribution is 2.37. The van der Waals surface area contributed by atoms with E-state index < -0.39 is 0 Å². The molecule has 0 radical (unpaired) electrons. The van der Waals surface area contributed by atoms with Gasteiger partial charge < -0.3 is 0 Å². The lowest BCUT2D eigenvalue weighted by Gasteiger charge is -2.30. The SMILES string of the molecule is CCC(C)(Br)CC(C)(Br)CC. The van der Waals surface area contributed by atoms with Gasteiger partial charge in [0.2, 0.25) is 0 Å². The Hall–Kier alpha value is 0.960. The number of hydrogen-bond donors (Lipinski definition) is 0. The average Bonchev–Trinajstić information content (AvgIpc) is 1.86. The van der Waals surface area contributed by atoms with E-state index in [-0.39, 0.29) is 0 Å². The van der Waals surface area contributed by atoms with Crippen molar-refractivity contribution < 1.29 is 0 Å². The van der Waals surface area contributed by atoms with Gasteiger partial charge in [0.1, 0.15) is 0 Å². The molecule has 0 bridgehead atoms. The Kier molecular flexibility index (Phi) is 4.64. The van der Waals surface area contributed by atoms with E-state index in [9.17, 15) is 0 Å². The second-order valence-corrected chi connectivity index (χ2v) is 7.54. The van der Waals surface area contributed by atoms with Crippen LogP contribution in [-0.2, 0) is 0 Å². The summed E-state index contributed by atoms with van der Waals surface area (Å²) in [4.78, 5) is 0. The van der Waals surface area contributed by atoms with E-state index >= 15 is 0 Å². The molecule has 0 N–H and O–H groups in total. The summed E-state index contributed by atoms with van der Waals surface area (Å²) < 4.78 is 0.586. The number of alkyl halides is 2. The predicted octanol–water partition coefficient (Wildman–Crippen LogP) is 4.50. The molecule has 0 spiro atoms. The second-order valence-electron chi connectivity index (χ2n) is 3.71. The zero-order valence-corrected chi connectivity index (χ0v) is 11.0. The first-order valence-corrected chi connectivity index (χ1v) is 5.79. The first-order valence-electron chi connectivity index (χ1n) is 4.21. The Bertz CT molecular complexity index is 103. The minimum absolute atomic E-state index is 0.293. The summed E-state index contributed by atoms with van der Waals surface area (Å²) in [5, 5.41) is 0. The third-order valence-electron chi connectivity index (χ3n) is 2.21. The van der Waals surface area contributed by atoms with Crippen molar-refractivity contribution in [2.45, 2.75) is 55.6 Å². The normalized spacial score (nSPS) is 22.4. The highest BCUT2D eigenvalue weighted by molar-refractivity contribution is 9.10. The largest absolute Gasteiger partial charge is 0.0856 e. The third-order valence-corrected chi connectivity index (χ3v) is 3.89. The molecule has 2 heteroatoms. The maximum atomic E-state index is 3.73. The Balaban J connectivity index is 4.02. The molecule has 0 aliphatic carbocycles. The van der Waals surface area contributed by atoms with Crippen LogP contribution in [0.5, 0.6) is 0 Å². The zero-order valence-electron chi connectivity index (χ0n) is 7.88. The Morgan fingerprint density at radius 1 is 0.909 bits per heavy atom. The quantitative estimate of drug-likeness (QED) is 0.667. The Morgan fingerprint density at radius 2 is 1.18 bits per heavy atom. The van der Waals surface area contributed by atoms with Crippen LogP contribution in [0.4, 0.5) is 0 Å². The van der Waals surface area contributed by atoms with E-state index in [4.69, 9.17) is 0 Å². The first kappa shape index (κ1) is 12.0. The smallest absolute Gasteiger partial charge is 0.0240 e. The lowest BCUT2D eigenvalue weighted by molar-refractivity contribution is 0.479. The first-order chi connectivity index (χ1) is 4.83. The number of halogens is 2. The summed E-state index contributed by atoms with van der Waals surface area (Å²) in [5.41, 5.74) is 0. The van der Waals surface area contributed by atoms with E-state index in [1.54, 1.807) is 0 Å². The molecule has 0 rings (SSSR count). The van der Waals surface area contributed by atoms with Gasteiger partial charge in [-0.05, 0) is 33.1 Å². The van der Waals surface area contributed by atoms with Crippen molar-refractivity contribution in [3.8, 4) is 0 Å². The minimum atomic E-state index is 0.293. The van der Waals surface area contributed by atoms with Crippen LogP contribution in [-0.4, -0.2) is 8.65 Å². The molecule has 0 nitrogen and oxygen atoms in total. The van der Waals surface area contributed by atoms with Crippen molar-refractivity contribution in [2.24, 2.45) is 0 Å². The molecular formula is C9H18Br2. The van der Waals surface area contributed by atoms with Gasteiger partial charge in [-0.15, -0.1) is 0 Å². The number of hydrogen-bond acceptors (Lipinski definition) is 0.